The lowest BCUT2D eigenvalue weighted by Gasteiger charge is -2.09. The first-order chi connectivity index (χ1) is 10.2. The molecule has 0 unspecified atom stereocenters. The van der Waals surface area contributed by atoms with E-state index in [2.05, 4.69) is 4.98 Å². The maximum atomic E-state index is 11.4. The molecule has 104 valence electrons. The number of benzene rings is 2. The Kier molecular flexibility index (Phi) is 3.28. The third-order valence-electron chi connectivity index (χ3n) is 3.36. The topological polar surface area (TPSA) is 59.4 Å². The molecule has 0 aliphatic heterocycles. The van der Waals surface area contributed by atoms with Gasteiger partial charge in [-0.2, -0.15) is 0 Å². The first-order valence-electron chi connectivity index (χ1n) is 6.46. The van der Waals surface area contributed by atoms with E-state index in [-0.39, 0.29) is 5.56 Å². The molecule has 0 aliphatic rings. The molecule has 4 nitrogen and oxygen atoms in total. The smallest absolute Gasteiger partial charge is 0.341 e. The van der Waals surface area contributed by atoms with E-state index in [9.17, 15) is 9.90 Å². The van der Waals surface area contributed by atoms with Crippen LogP contribution >= 0.6 is 0 Å². The Bertz CT molecular complexity index is 813. The Balaban J connectivity index is 2.23. The maximum absolute atomic E-state index is 11.4. The molecule has 1 N–H and O–H groups in total. The normalized spacial score (nSPS) is 10.5. The standard InChI is InChI=1S/C17H13NO3/c1-21-14-8-7-12-9-13(11-5-3-2-4-6-11)10-18-16(12)15(14)17(19)20/h2-10H,1H3,(H,19,20). The van der Waals surface area contributed by atoms with E-state index < -0.39 is 5.97 Å². The zero-order valence-corrected chi connectivity index (χ0v) is 11.4. The lowest BCUT2D eigenvalue weighted by Crippen LogP contribution is -2.02. The number of ether oxygens (including phenoxy) is 1. The lowest BCUT2D eigenvalue weighted by atomic mass is 10.0. The first-order valence-corrected chi connectivity index (χ1v) is 6.46. The van der Waals surface area contributed by atoms with Crippen molar-refractivity contribution in [2.75, 3.05) is 7.11 Å². The fourth-order valence-corrected chi connectivity index (χ4v) is 2.35. The van der Waals surface area contributed by atoms with Crippen molar-refractivity contribution in [2.24, 2.45) is 0 Å². The van der Waals surface area contributed by atoms with Gasteiger partial charge < -0.3 is 9.84 Å². The Morgan fingerprint density at radius 1 is 1.10 bits per heavy atom. The number of fused-ring (bicyclic) bond motifs is 1. The van der Waals surface area contributed by atoms with Crippen LogP contribution in [0.5, 0.6) is 5.75 Å². The number of hydrogen-bond donors (Lipinski definition) is 1. The number of aromatic carboxylic acids is 1. The van der Waals surface area contributed by atoms with Crippen molar-refractivity contribution in [1.29, 1.82) is 0 Å². The van der Waals surface area contributed by atoms with Crippen LogP contribution in [0.2, 0.25) is 0 Å². The molecule has 0 amide bonds. The number of pyridine rings is 1. The van der Waals surface area contributed by atoms with Crippen LogP contribution in [0.3, 0.4) is 0 Å². The largest absolute Gasteiger partial charge is 0.496 e. The van der Waals surface area contributed by atoms with Gasteiger partial charge in [-0.3, -0.25) is 4.98 Å². The van der Waals surface area contributed by atoms with Gasteiger partial charge in [0.1, 0.15) is 11.3 Å². The molecule has 0 aliphatic carbocycles. The van der Waals surface area contributed by atoms with E-state index >= 15 is 0 Å². The Labute approximate surface area is 121 Å². The van der Waals surface area contributed by atoms with Crippen molar-refractivity contribution in [3.05, 3.63) is 60.3 Å². The van der Waals surface area contributed by atoms with Crippen molar-refractivity contribution in [1.82, 2.24) is 4.98 Å². The van der Waals surface area contributed by atoms with Crippen molar-refractivity contribution >= 4 is 16.9 Å². The number of methoxy groups -OCH3 is 1. The monoisotopic (exact) mass is 279 g/mol. The highest BCUT2D eigenvalue weighted by molar-refractivity contribution is 6.05. The van der Waals surface area contributed by atoms with Gasteiger partial charge in [0.25, 0.3) is 0 Å². The Morgan fingerprint density at radius 2 is 1.86 bits per heavy atom. The van der Waals surface area contributed by atoms with Crippen LogP contribution in [0, 0.1) is 0 Å². The first kappa shape index (κ1) is 13.1. The van der Waals surface area contributed by atoms with Gasteiger partial charge >= 0.3 is 5.97 Å². The number of carboxylic acid groups (broad SMARTS) is 1. The van der Waals surface area contributed by atoms with E-state index in [1.807, 2.05) is 42.5 Å². The van der Waals surface area contributed by atoms with Gasteiger partial charge in [0.15, 0.2) is 0 Å². The van der Waals surface area contributed by atoms with E-state index in [0.29, 0.717) is 11.3 Å². The van der Waals surface area contributed by atoms with Crippen LogP contribution in [0.25, 0.3) is 22.0 Å². The summed E-state index contributed by atoms with van der Waals surface area (Å²) < 4.78 is 5.11. The summed E-state index contributed by atoms with van der Waals surface area (Å²) in [5, 5.41) is 10.1. The number of rotatable bonds is 3. The minimum Gasteiger partial charge on any atom is -0.496 e. The number of carbonyl (C=O) groups is 1. The fourth-order valence-electron chi connectivity index (χ4n) is 2.35. The number of carboxylic acids is 1. The van der Waals surface area contributed by atoms with E-state index in [1.165, 1.54) is 7.11 Å². The SMILES string of the molecule is COc1ccc2cc(-c3ccccc3)cnc2c1C(=O)O. The fraction of sp³-hybridized carbons (Fsp3) is 0.0588. The minimum atomic E-state index is -1.04. The summed E-state index contributed by atoms with van der Waals surface area (Å²) in [6, 6.07) is 15.2. The third-order valence-corrected chi connectivity index (χ3v) is 3.36. The summed E-state index contributed by atoms with van der Waals surface area (Å²) in [6.07, 6.45) is 1.68. The van der Waals surface area contributed by atoms with Gasteiger partial charge in [0.05, 0.1) is 12.6 Å². The summed E-state index contributed by atoms with van der Waals surface area (Å²) in [6.45, 7) is 0. The number of nitrogens with zero attached hydrogens (tertiary/aromatic N) is 1. The molecule has 0 spiro atoms. The molecule has 0 radical (unpaired) electrons. The molecule has 3 aromatic rings. The molecule has 1 heterocycles. The predicted octanol–water partition coefficient (Wildman–Crippen LogP) is 3.61. The molecule has 0 fully saturated rings. The highest BCUT2D eigenvalue weighted by Gasteiger charge is 2.16. The van der Waals surface area contributed by atoms with Crippen LogP contribution < -0.4 is 4.74 Å². The average Bonchev–Trinajstić information content (AvgIpc) is 2.53. The quantitative estimate of drug-likeness (QED) is 0.795. The molecule has 21 heavy (non-hydrogen) atoms. The summed E-state index contributed by atoms with van der Waals surface area (Å²) in [5.74, 6) is -0.729. The average molecular weight is 279 g/mol. The molecular weight excluding hydrogens is 266 g/mol. The summed E-state index contributed by atoms with van der Waals surface area (Å²) >= 11 is 0. The van der Waals surface area contributed by atoms with Gasteiger partial charge in [0.2, 0.25) is 0 Å². The van der Waals surface area contributed by atoms with E-state index in [0.717, 1.165) is 16.5 Å². The second-order valence-electron chi connectivity index (χ2n) is 4.61. The zero-order chi connectivity index (χ0) is 14.8. The Morgan fingerprint density at radius 3 is 2.52 bits per heavy atom. The van der Waals surface area contributed by atoms with Crippen molar-refractivity contribution in [3.8, 4) is 16.9 Å². The zero-order valence-electron chi connectivity index (χ0n) is 11.4. The molecule has 1 aromatic heterocycles. The lowest BCUT2D eigenvalue weighted by molar-refractivity contribution is 0.0695. The second-order valence-corrected chi connectivity index (χ2v) is 4.61. The number of aromatic nitrogens is 1. The highest BCUT2D eigenvalue weighted by atomic mass is 16.5. The minimum absolute atomic E-state index is 0.0922. The van der Waals surface area contributed by atoms with Crippen molar-refractivity contribution in [2.45, 2.75) is 0 Å². The van der Waals surface area contributed by atoms with Crippen LogP contribution in [0.15, 0.2) is 54.7 Å². The van der Waals surface area contributed by atoms with Crippen LogP contribution in [-0.2, 0) is 0 Å². The van der Waals surface area contributed by atoms with Crippen LogP contribution in [-0.4, -0.2) is 23.2 Å². The van der Waals surface area contributed by atoms with Gasteiger partial charge in [-0.15, -0.1) is 0 Å². The van der Waals surface area contributed by atoms with E-state index in [1.54, 1.807) is 12.3 Å². The third kappa shape index (κ3) is 2.31. The van der Waals surface area contributed by atoms with Crippen LogP contribution in [0.1, 0.15) is 10.4 Å². The molecule has 4 heteroatoms. The van der Waals surface area contributed by atoms with Gasteiger partial charge in [-0.25, -0.2) is 4.79 Å². The Hall–Kier alpha value is -2.88. The summed E-state index contributed by atoms with van der Waals surface area (Å²) in [4.78, 5) is 15.8. The summed E-state index contributed by atoms with van der Waals surface area (Å²) in [7, 11) is 1.45. The molecule has 0 atom stereocenters. The molecule has 2 aromatic carbocycles. The number of hydrogen-bond acceptors (Lipinski definition) is 3. The molecular formula is C17H13NO3. The van der Waals surface area contributed by atoms with Gasteiger partial charge in [0, 0.05) is 17.1 Å². The van der Waals surface area contributed by atoms with Gasteiger partial charge in [-0.05, 0) is 23.8 Å². The van der Waals surface area contributed by atoms with Gasteiger partial charge in [-0.1, -0.05) is 30.3 Å². The van der Waals surface area contributed by atoms with E-state index in [4.69, 9.17) is 4.74 Å². The summed E-state index contributed by atoms with van der Waals surface area (Å²) in [5.41, 5.74) is 2.51. The predicted molar refractivity (Wildman–Crippen MR) is 80.7 cm³/mol. The molecule has 0 saturated carbocycles. The molecule has 3 rings (SSSR count). The van der Waals surface area contributed by atoms with Crippen molar-refractivity contribution < 1.29 is 14.6 Å². The maximum Gasteiger partial charge on any atom is 0.341 e. The van der Waals surface area contributed by atoms with Crippen LogP contribution in [0.4, 0.5) is 0 Å². The molecule has 0 saturated heterocycles. The second kappa shape index (κ2) is 5.25. The van der Waals surface area contributed by atoms with Crippen molar-refractivity contribution in [3.63, 3.8) is 0 Å². The molecule has 0 bridgehead atoms. The highest BCUT2D eigenvalue weighted by Crippen LogP contribution is 2.29.